The lowest BCUT2D eigenvalue weighted by atomic mass is 9.95. The van der Waals surface area contributed by atoms with Gasteiger partial charge in [0, 0.05) is 6.58 Å². The van der Waals surface area contributed by atoms with E-state index in [0.29, 0.717) is 0 Å². The second-order valence-corrected chi connectivity index (χ2v) is 2.88. The standard InChI is InChI=1S/C7H14O/c1-6(8-5)7(2,3)4/h1H2,2-5H3/q+1. The lowest BCUT2D eigenvalue weighted by Crippen LogP contribution is -2.09. The van der Waals surface area contributed by atoms with Crippen molar-refractivity contribution in [2.45, 2.75) is 20.8 Å². The summed E-state index contributed by atoms with van der Waals surface area (Å²) < 4.78 is 4.92. The summed E-state index contributed by atoms with van der Waals surface area (Å²) in [6, 6.07) is 0. The van der Waals surface area contributed by atoms with Crippen LogP contribution in [0.4, 0.5) is 0 Å². The summed E-state index contributed by atoms with van der Waals surface area (Å²) >= 11 is 0. The Kier molecular flexibility index (Phi) is 2.08. The number of ether oxygens (including phenoxy) is 1. The molecule has 8 heavy (non-hydrogen) atoms. The molecule has 0 rings (SSSR count). The van der Waals surface area contributed by atoms with E-state index >= 15 is 0 Å². The molecule has 0 atom stereocenters. The topological polar surface area (TPSA) is 11.3 Å². The van der Waals surface area contributed by atoms with Crippen molar-refractivity contribution in [2.24, 2.45) is 5.41 Å². The number of hydrogen-bond acceptors (Lipinski definition) is 1. The summed E-state index contributed by atoms with van der Waals surface area (Å²) in [5, 5.41) is 0. The Labute approximate surface area is 51.4 Å². The van der Waals surface area contributed by atoms with E-state index in [1.165, 1.54) is 0 Å². The summed E-state index contributed by atoms with van der Waals surface area (Å²) in [6.07, 6.45) is 0. The first kappa shape index (κ1) is 7.54. The van der Waals surface area contributed by atoms with E-state index in [4.69, 9.17) is 4.74 Å². The molecule has 47 valence electrons. The van der Waals surface area contributed by atoms with Crippen LogP contribution in [0.1, 0.15) is 20.8 Å². The largest absolute Gasteiger partial charge is 0.317 e. The van der Waals surface area contributed by atoms with Gasteiger partial charge in [-0.1, -0.05) is 0 Å². The molecule has 0 aliphatic heterocycles. The molecule has 0 aromatic carbocycles. The molecule has 0 aliphatic carbocycles. The lowest BCUT2D eigenvalue weighted by molar-refractivity contribution is 0.208. The van der Waals surface area contributed by atoms with Crippen molar-refractivity contribution in [3.05, 3.63) is 12.3 Å². The second kappa shape index (κ2) is 2.21. The quantitative estimate of drug-likeness (QED) is 0.375. The second-order valence-electron chi connectivity index (χ2n) is 2.88. The molecule has 0 spiro atoms. The highest BCUT2D eigenvalue weighted by Crippen LogP contribution is 2.22. The van der Waals surface area contributed by atoms with Crippen LogP contribution in [0.2, 0.25) is 0 Å². The number of allylic oxidation sites excluding steroid dienone is 1. The lowest BCUT2D eigenvalue weighted by Gasteiger charge is -2.08. The monoisotopic (exact) mass is 114 g/mol. The first-order chi connectivity index (χ1) is 3.48. The Bertz CT molecular complexity index is 87.1. The Morgan fingerprint density at radius 3 is 1.75 bits per heavy atom. The van der Waals surface area contributed by atoms with Gasteiger partial charge in [0.15, 0.2) is 0 Å². The first-order valence-corrected chi connectivity index (χ1v) is 2.72. The van der Waals surface area contributed by atoms with Crippen LogP contribution in [0.15, 0.2) is 12.3 Å². The van der Waals surface area contributed by atoms with Crippen LogP contribution < -0.4 is 0 Å². The van der Waals surface area contributed by atoms with Gasteiger partial charge in [-0.15, -0.1) is 0 Å². The van der Waals surface area contributed by atoms with Crippen molar-refractivity contribution in [1.82, 2.24) is 0 Å². The van der Waals surface area contributed by atoms with Gasteiger partial charge in [-0.25, -0.2) is 0 Å². The Morgan fingerprint density at radius 2 is 1.75 bits per heavy atom. The molecule has 1 radical (unpaired) electrons. The van der Waals surface area contributed by atoms with E-state index in [0.717, 1.165) is 5.76 Å². The molecular weight excluding hydrogens is 100 g/mol. The third-order valence-electron chi connectivity index (χ3n) is 1.08. The predicted molar refractivity (Wildman–Crippen MR) is 35.6 cm³/mol. The number of methoxy groups -OCH3 is 1. The van der Waals surface area contributed by atoms with Gasteiger partial charge < -0.3 is 0 Å². The molecule has 0 saturated heterocycles. The van der Waals surface area contributed by atoms with Gasteiger partial charge in [-0.05, 0) is 20.8 Å². The third-order valence-corrected chi connectivity index (χ3v) is 1.08. The molecule has 0 heterocycles. The number of rotatable bonds is 1. The minimum Gasteiger partial charge on any atom is -0.262 e. The fraction of sp³-hybridized carbons (Fsp3) is 0.714. The van der Waals surface area contributed by atoms with E-state index in [9.17, 15) is 0 Å². The van der Waals surface area contributed by atoms with Crippen LogP contribution in [0.5, 0.6) is 0 Å². The molecule has 1 heteroatoms. The van der Waals surface area contributed by atoms with E-state index in [-0.39, 0.29) is 5.41 Å². The van der Waals surface area contributed by atoms with Crippen molar-refractivity contribution in [3.8, 4) is 0 Å². The van der Waals surface area contributed by atoms with Gasteiger partial charge in [0.25, 0.3) is 7.11 Å². The highest BCUT2D eigenvalue weighted by molar-refractivity contribution is 4.94. The van der Waals surface area contributed by atoms with Crippen LogP contribution >= 0.6 is 0 Å². The molecule has 0 unspecified atom stereocenters. The summed E-state index contributed by atoms with van der Waals surface area (Å²) in [5.74, 6) is 0.831. The van der Waals surface area contributed by atoms with Gasteiger partial charge in [0.2, 0.25) is 0 Å². The zero-order chi connectivity index (χ0) is 6.78. The fourth-order valence-electron chi connectivity index (χ4n) is 0.306. The average molecular weight is 114 g/mol. The molecule has 0 saturated carbocycles. The minimum absolute atomic E-state index is 0.0920. The SMILES string of the molecule is C=C([O+]C)C(C)(C)C. The maximum Gasteiger partial charge on any atom is 0.317 e. The van der Waals surface area contributed by atoms with Gasteiger partial charge >= 0.3 is 5.76 Å². The van der Waals surface area contributed by atoms with Crippen molar-refractivity contribution in [3.63, 3.8) is 0 Å². The van der Waals surface area contributed by atoms with Crippen molar-refractivity contribution in [1.29, 1.82) is 0 Å². The highest BCUT2D eigenvalue weighted by atomic mass is 16.5. The van der Waals surface area contributed by atoms with Gasteiger partial charge in [-0.3, -0.25) is 4.74 Å². The van der Waals surface area contributed by atoms with E-state index in [1.807, 2.05) is 0 Å². The maximum atomic E-state index is 4.92. The van der Waals surface area contributed by atoms with E-state index in [2.05, 4.69) is 27.4 Å². The molecule has 0 bridgehead atoms. The summed E-state index contributed by atoms with van der Waals surface area (Å²) in [5.41, 5.74) is 0.0920. The minimum atomic E-state index is 0.0920. The Hall–Kier alpha value is -0.460. The molecule has 0 aliphatic rings. The summed E-state index contributed by atoms with van der Waals surface area (Å²) in [4.78, 5) is 0. The first-order valence-electron chi connectivity index (χ1n) is 2.72. The molecule has 0 aromatic rings. The summed E-state index contributed by atoms with van der Waals surface area (Å²) in [7, 11) is 1.65. The molecule has 0 amide bonds. The Morgan fingerprint density at radius 1 is 1.38 bits per heavy atom. The smallest absolute Gasteiger partial charge is 0.262 e. The van der Waals surface area contributed by atoms with Crippen molar-refractivity contribution < 1.29 is 4.74 Å². The summed E-state index contributed by atoms with van der Waals surface area (Å²) in [6.45, 7) is 9.93. The zero-order valence-corrected chi connectivity index (χ0v) is 6.12. The molecule has 0 N–H and O–H groups in total. The third kappa shape index (κ3) is 2.01. The Balaban J connectivity index is 3.82. The average Bonchev–Trinajstić information content (AvgIpc) is 1.62. The molecule has 1 nitrogen and oxygen atoms in total. The van der Waals surface area contributed by atoms with Crippen molar-refractivity contribution in [2.75, 3.05) is 7.11 Å². The molecule has 0 fully saturated rings. The van der Waals surface area contributed by atoms with Crippen LogP contribution in [0, 0.1) is 5.41 Å². The zero-order valence-electron chi connectivity index (χ0n) is 6.12. The number of hydrogen-bond donors (Lipinski definition) is 0. The highest BCUT2D eigenvalue weighted by Gasteiger charge is 2.24. The predicted octanol–water partition coefficient (Wildman–Crippen LogP) is 2.19. The van der Waals surface area contributed by atoms with Gasteiger partial charge in [-0.2, -0.15) is 0 Å². The van der Waals surface area contributed by atoms with Crippen molar-refractivity contribution >= 4 is 0 Å². The van der Waals surface area contributed by atoms with E-state index < -0.39 is 0 Å². The van der Waals surface area contributed by atoms with E-state index in [1.54, 1.807) is 7.11 Å². The molecular formula is C7H14O+. The van der Waals surface area contributed by atoms with Crippen LogP contribution in [0.3, 0.4) is 0 Å². The van der Waals surface area contributed by atoms with Gasteiger partial charge in [0.1, 0.15) is 0 Å². The van der Waals surface area contributed by atoms with Crippen LogP contribution in [-0.2, 0) is 4.74 Å². The van der Waals surface area contributed by atoms with Gasteiger partial charge in [0.05, 0.1) is 5.41 Å². The fourth-order valence-corrected chi connectivity index (χ4v) is 0.306. The van der Waals surface area contributed by atoms with Crippen LogP contribution in [-0.4, -0.2) is 7.11 Å². The molecule has 0 aromatic heterocycles. The maximum absolute atomic E-state index is 4.92. The van der Waals surface area contributed by atoms with Crippen LogP contribution in [0.25, 0.3) is 0 Å². The normalized spacial score (nSPS) is 11.0.